The van der Waals surface area contributed by atoms with Gasteiger partial charge in [-0.3, -0.25) is 4.79 Å². The van der Waals surface area contributed by atoms with Crippen molar-refractivity contribution >= 4 is 11.6 Å². The highest BCUT2D eigenvalue weighted by Gasteiger charge is 2.09. The molecule has 0 aromatic heterocycles. The summed E-state index contributed by atoms with van der Waals surface area (Å²) in [6.07, 6.45) is 0. The molecule has 0 aliphatic heterocycles. The maximum Gasteiger partial charge on any atom is 0.250 e. The minimum atomic E-state index is -0.243. The lowest BCUT2D eigenvalue weighted by molar-refractivity contribution is -0.119. The molecule has 0 saturated carbocycles. The van der Waals surface area contributed by atoms with Crippen LogP contribution in [0.1, 0.15) is 0 Å². The average molecular weight is 317 g/mol. The van der Waals surface area contributed by atoms with Crippen molar-refractivity contribution in [2.24, 2.45) is 0 Å². The molecular weight excluding hydrogens is 298 g/mol. The van der Waals surface area contributed by atoms with Crippen molar-refractivity contribution in [2.75, 3.05) is 33.3 Å². The smallest absolute Gasteiger partial charge is 0.250 e. The minimum absolute atomic E-state index is 0.0132. The summed E-state index contributed by atoms with van der Waals surface area (Å²) in [4.78, 5) is 11.6. The van der Waals surface area contributed by atoms with E-state index in [-0.39, 0.29) is 12.5 Å². The third-order valence-corrected chi connectivity index (χ3v) is 3.01. The highest BCUT2D eigenvalue weighted by molar-refractivity contribution is 5.92. The molecule has 0 heterocycles. The van der Waals surface area contributed by atoms with Gasteiger partial charge in [0, 0.05) is 18.9 Å². The van der Waals surface area contributed by atoms with Crippen molar-refractivity contribution < 1.29 is 23.7 Å². The molecule has 0 saturated heterocycles. The number of methoxy groups -OCH3 is 3. The molecular formula is C17H19NO5. The third-order valence-electron chi connectivity index (χ3n) is 3.01. The lowest BCUT2D eigenvalue weighted by Gasteiger charge is -2.13. The summed E-state index contributed by atoms with van der Waals surface area (Å²) in [6.45, 7) is -0.0132. The van der Waals surface area contributed by atoms with Gasteiger partial charge in [-0.15, -0.1) is 0 Å². The van der Waals surface area contributed by atoms with Gasteiger partial charge in [-0.25, -0.2) is 0 Å². The molecule has 23 heavy (non-hydrogen) atoms. The van der Waals surface area contributed by atoms with E-state index >= 15 is 0 Å². The Morgan fingerprint density at radius 1 is 0.913 bits per heavy atom. The SMILES string of the molecule is COCC(=O)Nc1ccc(OC)c(Oc2ccc(OC)cc2)c1. The molecule has 0 bridgehead atoms. The van der Waals surface area contributed by atoms with Gasteiger partial charge in [-0.1, -0.05) is 0 Å². The van der Waals surface area contributed by atoms with Crippen molar-refractivity contribution in [1.29, 1.82) is 0 Å². The molecule has 122 valence electrons. The fourth-order valence-corrected chi connectivity index (χ4v) is 1.93. The van der Waals surface area contributed by atoms with Crippen LogP contribution in [-0.2, 0) is 9.53 Å². The molecule has 6 nitrogen and oxygen atoms in total. The van der Waals surface area contributed by atoms with E-state index in [2.05, 4.69) is 5.32 Å². The number of nitrogens with one attached hydrogen (secondary N) is 1. The lowest BCUT2D eigenvalue weighted by Crippen LogP contribution is -2.17. The van der Waals surface area contributed by atoms with Gasteiger partial charge >= 0.3 is 0 Å². The number of amides is 1. The summed E-state index contributed by atoms with van der Waals surface area (Å²) >= 11 is 0. The van der Waals surface area contributed by atoms with Crippen molar-refractivity contribution in [3.05, 3.63) is 42.5 Å². The van der Waals surface area contributed by atoms with Crippen LogP contribution in [0.4, 0.5) is 5.69 Å². The van der Waals surface area contributed by atoms with E-state index in [9.17, 15) is 4.79 Å². The number of hydrogen-bond acceptors (Lipinski definition) is 5. The number of benzene rings is 2. The molecule has 0 aliphatic rings. The van der Waals surface area contributed by atoms with E-state index in [1.807, 2.05) is 0 Å². The second-order valence-electron chi connectivity index (χ2n) is 4.62. The first-order valence-electron chi connectivity index (χ1n) is 6.95. The van der Waals surface area contributed by atoms with Gasteiger partial charge in [0.25, 0.3) is 0 Å². The van der Waals surface area contributed by atoms with Crippen molar-refractivity contribution in [1.82, 2.24) is 0 Å². The number of carbonyl (C=O) groups excluding carboxylic acids is 1. The normalized spacial score (nSPS) is 10.0. The topological polar surface area (TPSA) is 66.0 Å². The molecule has 1 N–H and O–H groups in total. The largest absolute Gasteiger partial charge is 0.497 e. The fourth-order valence-electron chi connectivity index (χ4n) is 1.93. The molecule has 0 unspecified atom stereocenters. The molecule has 2 aromatic rings. The molecule has 1 amide bonds. The summed E-state index contributed by atoms with van der Waals surface area (Å²) in [5, 5.41) is 2.72. The lowest BCUT2D eigenvalue weighted by atomic mass is 10.2. The highest BCUT2D eigenvalue weighted by Crippen LogP contribution is 2.34. The molecule has 2 aromatic carbocycles. The Bertz CT molecular complexity index is 655. The number of ether oxygens (including phenoxy) is 4. The molecule has 0 radical (unpaired) electrons. The number of carbonyl (C=O) groups is 1. The van der Waals surface area contributed by atoms with Crippen LogP contribution in [0.25, 0.3) is 0 Å². The molecule has 0 aliphatic carbocycles. The van der Waals surface area contributed by atoms with Crippen molar-refractivity contribution in [3.8, 4) is 23.0 Å². The van der Waals surface area contributed by atoms with Crippen molar-refractivity contribution in [2.45, 2.75) is 0 Å². The van der Waals surface area contributed by atoms with Gasteiger partial charge < -0.3 is 24.3 Å². The molecule has 6 heteroatoms. The van der Waals surface area contributed by atoms with Crippen LogP contribution >= 0.6 is 0 Å². The van der Waals surface area contributed by atoms with Gasteiger partial charge in [0.2, 0.25) is 5.91 Å². The molecule has 0 spiro atoms. The van der Waals surface area contributed by atoms with Crippen LogP contribution in [-0.4, -0.2) is 33.8 Å². The van der Waals surface area contributed by atoms with Gasteiger partial charge in [-0.05, 0) is 36.4 Å². The Labute approximate surface area is 134 Å². The first-order valence-corrected chi connectivity index (χ1v) is 6.95. The molecule has 0 atom stereocenters. The molecule has 2 rings (SSSR count). The monoisotopic (exact) mass is 317 g/mol. The summed E-state index contributed by atoms with van der Waals surface area (Å²) in [5.74, 6) is 2.18. The fraction of sp³-hybridized carbons (Fsp3) is 0.235. The second-order valence-corrected chi connectivity index (χ2v) is 4.62. The minimum Gasteiger partial charge on any atom is -0.497 e. The summed E-state index contributed by atoms with van der Waals surface area (Å²) in [7, 11) is 4.62. The Morgan fingerprint density at radius 3 is 2.22 bits per heavy atom. The zero-order valence-electron chi connectivity index (χ0n) is 13.3. The van der Waals surface area contributed by atoms with Crippen LogP contribution in [0.5, 0.6) is 23.0 Å². The van der Waals surface area contributed by atoms with Crippen LogP contribution in [0.3, 0.4) is 0 Å². The standard InChI is InChI=1S/C17H19NO5/c1-20-11-17(19)18-12-4-9-15(22-3)16(10-12)23-14-7-5-13(21-2)6-8-14/h4-10H,11H2,1-3H3,(H,18,19). The quantitative estimate of drug-likeness (QED) is 0.850. The van der Waals surface area contributed by atoms with E-state index in [0.29, 0.717) is 22.9 Å². The van der Waals surface area contributed by atoms with Crippen LogP contribution in [0.2, 0.25) is 0 Å². The first-order chi connectivity index (χ1) is 11.2. The molecule has 0 fully saturated rings. The Hall–Kier alpha value is -2.73. The van der Waals surface area contributed by atoms with E-state index in [1.54, 1.807) is 56.7 Å². The zero-order valence-corrected chi connectivity index (χ0v) is 13.3. The van der Waals surface area contributed by atoms with Gasteiger partial charge in [-0.2, -0.15) is 0 Å². The number of hydrogen-bond donors (Lipinski definition) is 1. The van der Waals surface area contributed by atoms with Crippen LogP contribution < -0.4 is 19.5 Å². The van der Waals surface area contributed by atoms with Gasteiger partial charge in [0.1, 0.15) is 18.1 Å². The van der Waals surface area contributed by atoms with Crippen LogP contribution in [0, 0.1) is 0 Å². The van der Waals surface area contributed by atoms with Crippen LogP contribution in [0.15, 0.2) is 42.5 Å². The van der Waals surface area contributed by atoms with Gasteiger partial charge in [0.05, 0.1) is 14.2 Å². The van der Waals surface area contributed by atoms with E-state index in [1.165, 1.54) is 7.11 Å². The Kier molecular flexibility index (Phi) is 5.82. The summed E-state index contributed by atoms with van der Waals surface area (Å²) in [5.41, 5.74) is 0.594. The highest BCUT2D eigenvalue weighted by atomic mass is 16.5. The third kappa shape index (κ3) is 4.62. The van der Waals surface area contributed by atoms with Gasteiger partial charge in [0.15, 0.2) is 11.5 Å². The van der Waals surface area contributed by atoms with E-state index in [4.69, 9.17) is 18.9 Å². The predicted octanol–water partition coefficient (Wildman–Crippen LogP) is 3.08. The number of anilines is 1. The van der Waals surface area contributed by atoms with Crippen molar-refractivity contribution in [3.63, 3.8) is 0 Å². The average Bonchev–Trinajstić information content (AvgIpc) is 2.56. The summed E-state index contributed by atoms with van der Waals surface area (Å²) in [6, 6.07) is 12.3. The predicted molar refractivity (Wildman–Crippen MR) is 86.6 cm³/mol. The Morgan fingerprint density at radius 2 is 1.61 bits per heavy atom. The van der Waals surface area contributed by atoms with E-state index in [0.717, 1.165) is 5.75 Å². The maximum atomic E-state index is 11.6. The number of rotatable bonds is 7. The second kappa shape index (κ2) is 8.05. The summed E-state index contributed by atoms with van der Waals surface area (Å²) < 4.78 is 21.0. The first kappa shape index (κ1) is 16.6. The zero-order chi connectivity index (χ0) is 16.7. The maximum absolute atomic E-state index is 11.6. The van der Waals surface area contributed by atoms with E-state index < -0.39 is 0 Å². The Balaban J connectivity index is 2.19.